The van der Waals surface area contributed by atoms with E-state index in [-0.39, 0.29) is 6.04 Å². The van der Waals surface area contributed by atoms with Crippen LogP contribution in [0.1, 0.15) is 31.4 Å². The molecule has 0 heterocycles. The molecule has 0 amide bonds. The number of benzene rings is 1. The summed E-state index contributed by atoms with van der Waals surface area (Å²) in [6.07, 6.45) is 1.03. The SMILES string of the molecule is CCC(C)C(N)CS(=O)c1cc(C)ccc1C. The molecule has 2 nitrogen and oxygen atoms in total. The summed E-state index contributed by atoms with van der Waals surface area (Å²) in [6.45, 7) is 8.26. The van der Waals surface area contributed by atoms with Gasteiger partial charge in [0.2, 0.25) is 0 Å². The van der Waals surface area contributed by atoms with Gasteiger partial charge in [0.15, 0.2) is 0 Å². The highest BCUT2D eigenvalue weighted by atomic mass is 32.2. The van der Waals surface area contributed by atoms with Gasteiger partial charge in [-0.05, 0) is 37.0 Å². The lowest BCUT2D eigenvalue weighted by Crippen LogP contribution is -2.33. The summed E-state index contributed by atoms with van der Waals surface area (Å²) in [7, 11) is -0.983. The maximum Gasteiger partial charge on any atom is 0.0548 e. The number of hydrogen-bond donors (Lipinski definition) is 1. The lowest BCUT2D eigenvalue weighted by Gasteiger charge is -2.18. The second kappa shape index (κ2) is 6.31. The Morgan fingerprint density at radius 2 is 2.00 bits per heavy atom. The first-order valence-electron chi connectivity index (χ1n) is 6.17. The summed E-state index contributed by atoms with van der Waals surface area (Å²) in [5, 5.41) is 0. The minimum absolute atomic E-state index is 0.0146. The van der Waals surface area contributed by atoms with E-state index in [0.717, 1.165) is 22.4 Å². The fourth-order valence-electron chi connectivity index (χ4n) is 1.68. The lowest BCUT2D eigenvalue weighted by molar-refractivity contribution is 0.472. The van der Waals surface area contributed by atoms with E-state index in [2.05, 4.69) is 13.8 Å². The Bertz CT molecular complexity index is 403. The molecule has 1 aromatic rings. The van der Waals surface area contributed by atoms with Crippen LogP contribution in [0.2, 0.25) is 0 Å². The van der Waals surface area contributed by atoms with Crippen LogP contribution in [-0.4, -0.2) is 16.0 Å². The Balaban J connectivity index is 2.79. The molecule has 3 unspecified atom stereocenters. The van der Waals surface area contributed by atoms with E-state index in [1.807, 2.05) is 32.0 Å². The topological polar surface area (TPSA) is 43.1 Å². The Morgan fingerprint density at radius 1 is 1.35 bits per heavy atom. The van der Waals surface area contributed by atoms with Crippen molar-refractivity contribution in [3.8, 4) is 0 Å². The minimum Gasteiger partial charge on any atom is -0.327 e. The monoisotopic (exact) mass is 253 g/mol. The summed E-state index contributed by atoms with van der Waals surface area (Å²) in [5.41, 5.74) is 8.30. The average Bonchev–Trinajstić information content (AvgIpc) is 2.30. The first kappa shape index (κ1) is 14.4. The van der Waals surface area contributed by atoms with Gasteiger partial charge in [-0.2, -0.15) is 0 Å². The highest BCUT2D eigenvalue weighted by Gasteiger charge is 2.16. The van der Waals surface area contributed by atoms with Crippen LogP contribution in [-0.2, 0) is 10.8 Å². The fraction of sp³-hybridized carbons (Fsp3) is 0.571. The predicted octanol–water partition coefficient (Wildman–Crippen LogP) is 2.78. The Labute approximate surface area is 107 Å². The fourth-order valence-corrected chi connectivity index (χ4v) is 3.29. The van der Waals surface area contributed by atoms with E-state index in [4.69, 9.17) is 5.73 Å². The largest absolute Gasteiger partial charge is 0.327 e. The van der Waals surface area contributed by atoms with Crippen molar-refractivity contribution in [2.24, 2.45) is 11.7 Å². The zero-order chi connectivity index (χ0) is 13.0. The number of aryl methyl sites for hydroxylation is 2. The minimum atomic E-state index is -0.983. The molecule has 0 saturated carbocycles. The van der Waals surface area contributed by atoms with Gasteiger partial charge in [-0.15, -0.1) is 0 Å². The van der Waals surface area contributed by atoms with Crippen molar-refractivity contribution in [1.82, 2.24) is 0 Å². The maximum absolute atomic E-state index is 12.3. The van der Waals surface area contributed by atoms with Gasteiger partial charge in [-0.3, -0.25) is 4.21 Å². The molecule has 3 atom stereocenters. The third-order valence-electron chi connectivity index (χ3n) is 3.31. The van der Waals surface area contributed by atoms with E-state index in [1.165, 1.54) is 0 Å². The second-order valence-corrected chi connectivity index (χ2v) is 6.29. The predicted molar refractivity (Wildman–Crippen MR) is 74.6 cm³/mol. The summed E-state index contributed by atoms with van der Waals surface area (Å²) < 4.78 is 12.3. The van der Waals surface area contributed by atoms with E-state index < -0.39 is 10.8 Å². The highest BCUT2D eigenvalue weighted by molar-refractivity contribution is 7.85. The molecular formula is C14H23NOS. The maximum atomic E-state index is 12.3. The number of nitrogens with two attached hydrogens (primary N) is 1. The van der Waals surface area contributed by atoms with Crippen LogP contribution in [0.25, 0.3) is 0 Å². The van der Waals surface area contributed by atoms with Crippen molar-refractivity contribution in [2.45, 2.75) is 45.1 Å². The van der Waals surface area contributed by atoms with Crippen LogP contribution in [0.5, 0.6) is 0 Å². The van der Waals surface area contributed by atoms with Crippen LogP contribution in [0, 0.1) is 19.8 Å². The van der Waals surface area contributed by atoms with Crippen molar-refractivity contribution in [2.75, 3.05) is 5.75 Å². The average molecular weight is 253 g/mol. The molecule has 0 radical (unpaired) electrons. The Kier molecular flexibility index (Phi) is 5.34. The third kappa shape index (κ3) is 3.93. The van der Waals surface area contributed by atoms with Crippen LogP contribution < -0.4 is 5.73 Å². The van der Waals surface area contributed by atoms with Gasteiger partial charge in [0, 0.05) is 16.7 Å². The standard InChI is InChI=1S/C14H23NOS/c1-5-11(3)13(15)9-17(16)14-8-10(2)6-7-12(14)4/h6-8,11,13H,5,9,15H2,1-4H3. The number of rotatable bonds is 5. The summed E-state index contributed by atoms with van der Waals surface area (Å²) in [4.78, 5) is 0.934. The molecule has 17 heavy (non-hydrogen) atoms. The van der Waals surface area contributed by atoms with Gasteiger partial charge in [-0.1, -0.05) is 32.4 Å². The van der Waals surface area contributed by atoms with E-state index in [9.17, 15) is 4.21 Å². The molecule has 96 valence electrons. The molecule has 2 N–H and O–H groups in total. The Hall–Kier alpha value is -0.670. The smallest absolute Gasteiger partial charge is 0.0548 e. The second-order valence-electron chi connectivity index (χ2n) is 4.83. The molecular weight excluding hydrogens is 230 g/mol. The molecule has 3 heteroatoms. The summed E-state index contributed by atoms with van der Waals surface area (Å²) in [5.74, 6) is 0.975. The molecule has 0 aliphatic carbocycles. The molecule has 0 spiro atoms. The zero-order valence-corrected chi connectivity index (χ0v) is 12.0. The summed E-state index contributed by atoms with van der Waals surface area (Å²) in [6, 6.07) is 6.09. The molecule has 0 saturated heterocycles. The van der Waals surface area contributed by atoms with Crippen molar-refractivity contribution >= 4 is 10.8 Å². The van der Waals surface area contributed by atoms with Crippen molar-refractivity contribution < 1.29 is 4.21 Å². The molecule has 1 rings (SSSR count). The van der Waals surface area contributed by atoms with Gasteiger partial charge in [0.05, 0.1) is 10.8 Å². The van der Waals surface area contributed by atoms with Crippen molar-refractivity contribution in [1.29, 1.82) is 0 Å². The van der Waals surface area contributed by atoms with Crippen LogP contribution in [0.3, 0.4) is 0 Å². The summed E-state index contributed by atoms with van der Waals surface area (Å²) >= 11 is 0. The first-order chi connectivity index (χ1) is 7.95. The lowest BCUT2D eigenvalue weighted by atomic mass is 10.0. The van der Waals surface area contributed by atoms with Gasteiger partial charge in [-0.25, -0.2) is 0 Å². The first-order valence-corrected chi connectivity index (χ1v) is 7.48. The molecule has 0 aliphatic rings. The molecule has 1 aromatic carbocycles. The zero-order valence-electron chi connectivity index (χ0n) is 11.2. The third-order valence-corrected chi connectivity index (χ3v) is 4.93. The van der Waals surface area contributed by atoms with Crippen LogP contribution in [0.4, 0.5) is 0 Å². The van der Waals surface area contributed by atoms with Gasteiger partial charge in [0.1, 0.15) is 0 Å². The van der Waals surface area contributed by atoms with E-state index >= 15 is 0 Å². The molecule has 0 bridgehead atoms. The normalized spacial score (nSPS) is 16.5. The van der Waals surface area contributed by atoms with Gasteiger partial charge in [0.25, 0.3) is 0 Å². The quantitative estimate of drug-likeness (QED) is 0.877. The van der Waals surface area contributed by atoms with Gasteiger partial charge >= 0.3 is 0 Å². The van der Waals surface area contributed by atoms with E-state index in [1.54, 1.807) is 0 Å². The van der Waals surface area contributed by atoms with E-state index in [0.29, 0.717) is 11.7 Å². The molecule has 0 aromatic heterocycles. The van der Waals surface area contributed by atoms with Crippen molar-refractivity contribution in [3.05, 3.63) is 29.3 Å². The molecule has 0 aliphatic heterocycles. The van der Waals surface area contributed by atoms with Crippen molar-refractivity contribution in [3.63, 3.8) is 0 Å². The number of hydrogen-bond acceptors (Lipinski definition) is 2. The molecule has 0 fully saturated rings. The highest BCUT2D eigenvalue weighted by Crippen LogP contribution is 2.17. The van der Waals surface area contributed by atoms with Gasteiger partial charge < -0.3 is 5.73 Å². The Morgan fingerprint density at radius 3 is 2.59 bits per heavy atom. The van der Waals surface area contributed by atoms with Crippen LogP contribution in [0.15, 0.2) is 23.1 Å². The van der Waals surface area contributed by atoms with Crippen LogP contribution >= 0.6 is 0 Å².